The summed E-state index contributed by atoms with van der Waals surface area (Å²) in [6, 6.07) is 13.9. The van der Waals surface area contributed by atoms with Crippen molar-refractivity contribution in [2.75, 3.05) is 5.75 Å². The predicted molar refractivity (Wildman–Crippen MR) is 135 cm³/mol. The van der Waals surface area contributed by atoms with Crippen LogP contribution in [0.4, 0.5) is 5.69 Å². The minimum atomic E-state index is -0.820. The van der Waals surface area contributed by atoms with Crippen molar-refractivity contribution in [3.8, 4) is 0 Å². The lowest BCUT2D eigenvalue weighted by atomic mass is 10.1. The highest BCUT2D eigenvalue weighted by Gasteiger charge is 2.42. The van der Waals surface area contributed by atoms with Gasteiger partial charge in [-0.3, -0.25) is 19.3 Å². The van der Waals surface area contributed by atoms with E-state index in [0.717, 1.165) is 4.88 Å². The van der Waals surface area contributed by atoms with E-state index in [0.29, 0.717) is 34.6 Å². The fourth-order valence-corrected chi connectivity index (χ4v) is 5.25. The summed E-state index contributed by atoms with van der Waals surface area (Å²) < 4.78 is 5.24. The number of thioether (sulfide) groups is 1. The molecule has 1 atom stereocenters. The van der Waals surface area contributed by atoms with Crippen LogP contribution in [-0.4, -0.2) is 45.4 Å². The monoisotopic (exact) mass is 507 g/mol. The molecule has 0 spiro atoms. The van der Waals surface area contributed by atoms with Crippen LogP contribution in [0.25, 0.3) is 0 Å². The topological polar surface area (TPSA) is 116 Å². The zero-order valence-electron chi connectivity index (χ0n) is 18.5. The summed E-state index contributed by atoms with van der Waals surface area (Å²) >= 11 is 2.75. The first kappa shape index (κ1) is 23.1. The number of carbonyl (C=O) groups is 3. The number of rotatable bonds is 8. The van der Waals surface area contributed by atoms with Crippen molar-refractivity contribution < 1.29 is 18.8 Å². The quantitative estimate of drug-likeness (QED) is 0.484. The highest BCUT2D eigenvalue weighted by molar-refractivity contribution is 8.14. The molecule has 4 heterocycles. The number of furan rings is 1. The standard InChI is InChI=1S/C24H21N5O4S2/c30-20(26-13-16-6-4-10-34-16)11-19-23(32)28-22-17-7-1-2-8-18(17)27-24(29(19)22)35-14-21(31)25-12-15-5-3-9-33-15/h1-10,19H,11-14H2,(H,25,31)(H,26,30). The van der Waals surface area contributed by atoms with Crippen LogP contribution in [0.3, 0.4) is 0 Å². The van der Waals surface area contributed by atoms with Crippen LogP contribution in [-0.2, 0) is 27.5 Å². The second-order valence-electron chi connectivity index (χ2n) is 7.78. The molecule has 35 heavy (non-hydrogen) atoms. The number of carbonyl (C=O) groups excluding carboxylic acids is 3. The fourth-order valence-electron chi connectivity index (χ4n) is 3.73. The van der Waals surface area contributed by atoms with E-state index in [-0.39, 0.29) is 30.5 Å². The Morgan fingerprint density at radius 2 is 1.89 bits per heavy atom. The van der Waals surface area contributed by atoms with Crippen molar-refractivity contribution in [2.24, 2.45) is 9.98 Å². The average molecular weight is 508 g/mol. The molecule has 0 saturated carbocycles. The Balaban J connectivity index is 1.29. The number of hydrogen-bond donors (Lipinski definition) is 2. The molecule has 2 aliphatic heterocycles. The van der Waals surface area contributed by atoms with Gasteiger partial charge in [-0.1, -0.05) is 30.0 Å². The third-order valence-corrected chi connectivity index (χ3v) is 7.23. The van der Waals surface area contributed by atoms with Gasteiger partial charge in [0, 0.05) is 10.4 Å². The number of amides is 3. The predicted octanol–water partition coefficient (Wildman–Crippen LogP) is 3.06. The number of nitrogens with zero attached hydrogens (tertiary/aromatic N) is 3. The van der Waals surface area contributed by atoms with Gasteiger partial charge in [-0.15, -0.1) is 11.3 Å². The summed E-state index contributed by atoms with van der Waals surface area (Å²) in [6.45, 7) is 0.684. The van der Waals surface area contributed by atoms with Crippen LogP contribution in [0.5, 0.6) is 0 Å². The summed E-state index contributed by atoms with van der Waals surface area (Å²) in [5.74, 6) is 0.320. The van der Waals surface area contributed by atoms with Gasteiger partial charge in [-0.05, 0) is 35.7 Å². The Morgan fingerprint density at radius 3 is 2.69 bits per heavy atom. The molecule has 2 aliphatic rings. The molecule has 178 valence electrons. The van der Waals surface area contributed by atoms with Gasteiger partial charge >= 0.3 is 0 Å². The van der Waals surface area contributed by atoms with Gasteiger partial charge in [-0.25, -0.2) is 4.99 Å². The number of para-hydroxylation sites is 1. The van der Waals surface area contributed by atoms with Crippen LogP contribution < -0.4 is 10.6 Å². The lowest BCUT2D eigenvalue weighted by molar-refractivity contribution is -0.126. The molecule has 9 nitrogen and oxygen atoms in total. The van der Waals surface area contributed by atoms with Gasteiger partial charge in [0.1, 0.15) is 17.6 Å². The van der Waals surface area contributed by atoms with Gasteiger partial charge < -0.3 is 15.1 Å². The van der Waals surface area contributed by atoms with Crippen molar-refractivity contribution in [3.63, 3.8) is 0 Å². The van der Waals surface area contributed by atoms with Crippen molar-refractivity contribution in [2.45, 2.75) is 25.6 Å². The summed E-state index contributed by atoms with van der Waals surface area (Å²) in [7, 11) is 0. The minimum absolute atomic E-state index is 0.0658. The van der Waals surface area contributed by atoms with E-state index in [1.165, 1.54) is 11.8 Å². The number of amidine groups is 2. The molecular formula is C24H21N5O4S2. The summed E-state index contributed by atoms with van der Waals surface area (Å²) in [5, 5.41) is 8.06. The van der Waals surface area contributed by atoms with Crippen LogP contribution in [0.1, 0.15) is 22.6 Å². The van der Waals surface area contributed by atoms with Crippen molar-refractivity contribution in [1.29, 1.82) is 0 Å². The molecule has 3 aromatic rings. The van der Waals surface area contributed by atoms with Gasteiger partial charge in [0.25, 0.3) is 5.91 Å². The number of nitrogens with one attached hydrogen (secondary N) is 2. The van der Waals surface area contributed by atoms with E-state index in [4.69, 9.17) is 9.41 Å². The molecule has 0 aliphatic carbocycles. The summed E-state index contributed by atoms with van der Waals surface area (Å²) in [5.41, 5.74) is 1.38. The average Bonchev–Trinajstić information content (AvgIpc) is 3.63. The van der Waals surface area contributed by atoms with E-state index in [2.05, 4.69) is 15.6 Å². The maximum atomic E-state index is 12.9. The van der Waals surface area contributed by atoms with Crippen molar-refractivity contribution >= 4 is 57.5 Å². The highest BCUT2D eigenvalue weighted by atomic mass is 32.2. The molecule has 0 radical (unpaired) electrons. The van der Waals surface area contributed by atoms with Crippen molar-refractivity contribution in [1.82, 2.24) is 15.5 Å². The first-order valence-corrected chi connectivity index (χ1v) is 12.8. The van der Waals surface area contributed by atoms with E-state index < -0.39 is 11.9 Å². The molecule has 0 fully saturated rings. The third kappa shape index (κ3) is 5.20. The highest BCUT2D eigenvalue weighted by Crippen LogP contribution is 2.34. The van der Waals surface area contributed by atoms with E-state index in [1.807, 2.05) is 41.8 Å². The number of aliphatic imine (C=N–C) groups is 2. The number of hydrogen-bond acceptors (Lipinski definition) is 8. The first-order chi connectivity index (χ1) is 17.1. The fraction of sp³-hybridized carbons (Fsp3) is 0.208. The van der Waals surface area contributed by atoms with E-state index >= 15 is 0 Å². The molecule has 0 bridgehead atoms. The maximum Gasteiger partial charge on any atom is 0.271 e. The van der Waals surface area contributed by atoms with Crippen LogP contribution in [0.2, 0.25) is 0 Å². The molecule has 3 amide bonds. The molecule has 1 aromatic carbocycles. The summed E-state index contributed by atoms with van der Waals surface area (Å²) in [6.07, 6.45) is 1.48. The molecule has 2 aromatic heterocycles. The number of fused-ring (bicyclic) bond motifs is 3. The second kappa shape index (κ2) is 10.3. The molecule has 1 unspecified atom stereocenters. The first-order valence-electron chi connectivity index (χ1n) is 10.9. The van der Waals surface area contributed by atoms with E-state index in [9.17, 15) is 14.4 Å². The molecule has 11 heteroatoms. The Labute approximate surface area is 209 Å². The normalized spacial score (nSPS) is 16.3. The molecule has 0 saturated heterocycles. The number of benzene rings is 1. The smallest absolute Gasteiger partial charge is 0.271 e. The Hall–Kier alpha value is -3.70. The minimum Gasteiger partial charge on any atom is -0.467 e. The van der Waals surface area contributed by atoms with Gasteiger partial charge in [0.2, 0.25) is 11.8 Å². The van der Waals surface area contributed by atoms with Gasteiger partial charge in [0.05, 0.1) is 37.2 Å². The van der Waals surface area contributed by atoms with Gasteiger partial charge in [-0.2, -0.15) is 4.99 Å². The lowest BCUT2D eigenvalue weighted by Gasteiger charge is -2.30. The Kier molecular flexibility index (Phi) is 6.77. The van der Waals surface area contributed by atoms with Crippen LogP contribution in [0, 0.1) is 0 Å². The SMILES string of the molecule is O=C(CSC1=Nc2ccccc2C2=NC(=O)C(CC(=O)NCc3cccs3)N12)NCc1ccco1. The Bertz CT molecular complexity index is 1300. The second-order valence-corrected chi connectivity index (χ2v) is 9.75. The van der Waals surface area contributed by atoms with Gasteiger partial charge in [0.15, 0.2) is 5.17 Å². The number of thiophene rings is 1. The molecular weight excluding hydrogens is 486 g/mol. The largest absolute Gasteiger partial charge is 0.467 e. The third-order valence-electron chi connectivity index (χ3n) is 5.40. The van der Waals surface area contributed by atoms with Crippen molar-refractivity contribution in [3.05, 3.63) is 76.4 Å². The maximum absolute atomic E-state index is 12.9. The zero-order chi connectivity index (χ0) is 24.2. The lowest BCUT2D eigenvalue weighted by Crippen LogP contribution is -2.46. The molecule has 2 N–H and O–H groups in total. The van der Waals surface area contributed by atoms with Crippen LogP contribution in [0.15, 0.2) is 74.6 Å². The zero-order valence-corrected chi connectivity index (χ0v) is 20.1. The summed E-state index contributed by atoms with van der Waals surface area (Å²) in [4.78, 5) is 49.6. The Morgan fingerprint density at radius 1 is 1.03 bits per heavy atom. The van der Waals surface area contributed by atoms with E-state index in [1.54, 1.807) is 34.6 Å². The van der Waals surface area contributed by atoms with Crippen LogP contribution >= 0.6 is 23.1 Å². The molecule has 5 rings (SSSR count).